The first-order chi connectivity index (χ1) is 12.9. The van der Waals surface area contributed by atoms with Crippen molar-refractivity contribution in [1.82, 2.24) is 10.0 Å². The highest BCUT2D eigenvalue weighted by molar-refractivity contribution is 5.93. The number of hydrogen-bond donors (Lipinski definition) is 1. The number of aliphatic hydroxyl groups is 1. The first-order valence-corrected chi connectivity index (χ1v) is 9.92. The van der Waals surface area contributed by atoms with Crippen LogP contribution in [0.2, 0.25) is 0 Å². The van der Waals surface area contributed by atoms with Crippen LogP contribution in [-0.2, 0) is 9.53 Å². The van der Waals surface area contributed by atoms with E-state index in [1.807, 2.05) is 37.3 Å². The molecule has 1 aromatic rings. The second-order valence-corrected chi connectivity index (χ2v) is 7.86. The number of carbonyl (C=O) groups is 2. The molecular weight excluding hydrogens is 344 g/mol. The summed E-state index contributed by atoms with van der Waals surface area (Å²) in [5, 5.41) is 13.4. The molecule has 27 heavy (non-hydrogen) atoms. The van der Waals surface area contributed by atoms with Gasteiger partial charge in [-0.2, -0.15) is 5.01 Å². The number of ether oxygens (including phenoxy) is 1. The van der Waals surface area contributed by atoms with Gasteiger partial charge in [0.25, 0.3) is 5.91 Å². The van der Waals surface area contributed by atoms with Crippen LogP contribution in [0.1, 0.15) is 57.6 Å². The molecule has 1 saturated heterocycles. The molecule has 3 rings (SSSR count). The van der Waals surface area contributed by atoms with Crippen molar-refractivity contribution in [3.8, 4) is 0 Å². The van der Waals surface area contributed by atoms with Gasteiger partial charge in [0, 0.05) is 7.05 Å². The molecule has 0 unspecified atom stereocenters. The zero-order valence-electron chi connectivity index (χ0n) is 16.4. The molecule has 0 bridgehead atoms. The van der Waals surface area contributed by atoms with Gasteiger partial charge in [0.15, 0.2) is 0 Å². The third-order valence-electron chi connectivity index (χ3n) is 6.12. The Morgan fingerprint density at radius 3 is 2.44 bits per heavy atom. The summed E-state index contributed by atoms with van der Waals surface area (Å²) in [6.45, 7) is 3.63. The molecule has 2 amide bonds. The second kappa shape index (κ2) is 8.40. The minimum atomic E-state index is -0.735. The maximum absolute atomic E-state index is 13.0. The fraction of sp³-hybridized carbons (Fsp3) is 0.619. The van der Waals surface area contributed by atoms with E-state index >= 15 is 0 Å². The van der Waals surface area contributed by atoms with Gasteiger partial charge in [-0.3, -0.25) is 4.79 Å². The van der Waals surface area contributed by atoms with E-state index in [0.29, 0.717) is 0 Å². The molecule has 1 N–H and O–H groups in total. The van der Waals surface area contributed by atoms with Crippen LogP contribution in [0.25, 0.3) is 0 Å². The Morgan fingerprint density at radius 2 is 1.81 bits per heavy atom. The number of rotatable bonds is 4. The molecule has 148 valence electrons. The SMILES string of the molecule is C[C@H](C(=O)N1C(=O)O[C@H](c2ccccc2)[C@H](C)N1C)[C@H](O)C1CCCCC1. The zero-order chi connectivity index (χ0) is 19.6. The summed E-state index contributed by atoms with van der Waals surface area (Å²) in [7, 11) is 1.72. The van der Waals surface area contributed by atoms with Gasteiger partial charge in [-0.1, -0.05) is 56.5 Å². The van der Waals surface area contributed by atoms with Crippen molar-refractivity contribution in [1.29, 1.82) is 0 Å². The normalized spacial score (nSPS) is 27.1. The number of aliphatic hydroxyl groups excluding tert-OH is 1. The molecule has 1 saturated carbocycles. The van der Waals surface area contributed by atoms with E-state index in [1.54, 1.807) is 19.0 Å². The lowest BCUT2D eigenvalue weighted by Gasteiger charge is -2.44. The van der Waals surface area contributed by atoms with Crippen molar-refractivity contribution >= 4 is 12.0 Å². The second-order valence-electron chi connectivity index (χ2n) is 7.86. The summed E-state index contributed by atoms with van der Waals surface area (Å²) in [6.07, 6.45) is 3.38. The maximum Gasteiger partial charge on any atom is 0.432 e. The standard InChI is InChI=1S/C21H30N2O4/c1-14(18(24)16-10-6-4-7-11-16)20(25)23-21(26)27-19(15(2)22(23)3)17-12-8-5-9-13-17/h5,8-9,12-16,18-19,24H,4,6-7,10-11H2,1-3H3/t14-,15-,18-,19-/m0/s1. The lowest BCUT2D eigenvalue weighted by molar-refractivity contribution is -0.170. The van der Waals surface area contributed by atoms with Gasteiger partial charge in [0.05, 0.1) is 18.1 Å². The topological polar surface area (TPSA) is 70.1 Å². The fourth-order valence-corrected chi connectivity index (χ4v) is 4.22. The molecule has 6 nitrogen and oxygen atoms in total. The molecule has 1 aliphatic heterocycles. The number of likely N-dealkylation sites (N-methyl/N-ethyl adjacent to an activating group) is 1. The van der Waals surface area contributed by atoms with E-state index in [-0.39, 0.29) is 12.0 Å². The summed E-state index contributed by atoms with van der Waals surface area (Å²) in [5.74, 6) is -0.930. The Bertz CT molecular complexity index is 659. The van der Waals surface area contributed by atoms with Gasteiger partial charge in [0.2, 0.25) is 0 Å². The molecule has 2 fully saturated rings. The van der Waals surface area contributed by atoms with E-state index in [1.165, 1.54) is 6.42 Å². The minimum absolute atomic E-state index is 0.123. The highest BCUT2D eigenvalue weighted by Crippen LogP contribution is 2.34. The quantitative estimate of drug-likeness (QED) is 0.873. The predicted octanol–water partition coefficient (Wildman–Crippen LogP) is 3.52. The fourth-order valence-electron chi connectivity index (χ4n) is 4.22. The molecule has 1 aliphatic carbocycles. The van der Waals surface area contributed by atoms with E-state index in [2.05, 4.69) is 0 Å². The van der Waals surface area contributed by atoms with Gasteiger partial charge < -0.3 is 9.84 Å². The van der Waals surface area contributed by atoms with Crippen molar-refractivity contribution < 1.29 is 19.4 Å². The van der Waals surface area contributed by atoms with Gasteiger partial charge in [0.1, 0.15) is 6.10 Å². The van der Waals surface area contributed by atoms with Crippen LogP contribution < -0.4 is 0 Å². The van der Waals surface area contributed by atoms with Crippen LogP contribution >= 0.6 is 0 Å². The van der Waals surface area contributed by atoms with Crippen molar-refractivity contribution in [3.05, 3.63) is 35.9 Å². The lowest BCUT2D eigenvalue weighted by atomic mass is 9.80. The summed E-state index contributed by atoms with van der Waals surface area (Å²) in [4.78, 5) is 25.7. The van der Waals surface area contributed by atoms with Gasteiger partial charge in [-0.25, -0.2) is 9.80 Å². The third-order valence-corrected chi connectivity index (χ3v) is 6.12. The van der Waals surface area contributed by atoms with E-state index in [9.17, 15) is 14.7 Å². The Balaban J connectivity index is 1.72. The number of benzene rings is 1. The minimum Gasteiger partial charge on any atom is -0.438 e. The van der Waals surface area contributed by atoms with E-state index < -0.39 is 30.1 Å². The van der Waals surface area contributed by atoms with E-state index in [4.69, 9.17) is 4.74 Å². The average molecular weight is 374 g/mol. The van der Waals surface area contributed by atoms with Crippen molar-refractivity contribution in [2.45, 2.75) is 64.2 Å². The van der Waals surface area contributed by atoms with Crippen molar-refractivity contribution in [3.63, 3.8) is 0 Å². The third kappa shape index (κ3) is 4.01. The molecule has 1 aromatic carbocycles. The average Bonchev–Trinajstić information content (AvgIpc) is 2.70. The van der Waals surface area contributed by atoms with Crippen LogP contribution in [-0.4, -0.2) is 46.3 Å². The van der Waals surface area contributed by atoms with Gasteiger partial charge in [-0.15, -0.1) is 0 Å². The Kier molecular flexibility index (Phi) is 6.17. The molecular formula is C21H30N2O4. The first kappa shape index (κ1) is 19.8. The van der Waals surface area contributed by atoms with Gasteiger partial charge in [-0.05, 0) is 31.2 Å². The molecule has 0 aromatic heterocycles. The zero-order valence-corrected chi connectivity index (χ0v) is 16.4. The number of imide groups is 1. The highest BCUT2D eigenvalue weighted by Gasteiger charge is 2.44. The monoisotopic (exact) mass is 374 g/mol. The van der Waals surface area contributed by atoms with Crippen LogP contribution in [0.4, 0.5) is 4.79 Å². The number of hydrogen-bond acceptors (Lipinski definition) is 5. The highest BCUT2D eigenvalue weighted by atomic mass is 16.6. The molecule has 4 atom stereocenters. The molecule has 0 radical (unpaired) electrons. The van der Waals surface area contributed by atoms with Crippen molar-refractivity contribution in [2.75, 3.05) is 7.05 Å². The largest absolute Gasteiger partial charge is 0.438 e. The summed E-state index contributed by atoms with van der Waals surface area (Å²) in [5.41, 5.74) is 0.896. The first-order valence-electron chi connectivity index (χ1n) is 9.92. The molecule has 2 aliphatic rings. The number of cyclic esters (lactones) is 1. The predicted molar refractivity (Wildman–Crippen MR) is 101 cm³/mol. The summed E-state index contributed by atoms with van der Waals surface area (Å²) >= 11 is 0. The van der Waals surface area contributed by atoms with Crippen LogP contribution in [0.5, 0.6) is 0 Å². The van der Waals surface area contributed by atoms with Gasteiger partial charge >= 0.3 is 6.09 Å². The molecule has 6 heteroatoms. The number of carbonyl (C=O) groups excluding carboxylic acids is 2. The lowest BCUT2D eigenvalue weighted by Crippen LogP contribution is -2.60. The Labute approximate surface area is 161 Å². The maximum atomic E-state index is 13.0. The van der Waals surface area contributed by atoms with Crippen LogP contribution in [0.3, 0.4) is 0 Å². The van der Waals surface area contributed by atoms with Crippen LogP contribution in [0, 0.1) is 11.8 Å². The summed E-state index contributed by atoms with van der Waals surface area (Å²) in [6, 6.07) is 9.33. The van der Waals surface area contributed by atoms with Crippen molar-refractivity contribution in [2.24, 2.45) is 11.8 Å². The Morgan fingerprint density at radius 1 is 1.19 bits per heavy atom. The van der Waals surface area contributed by atoms with Crippen LogP contribution in [0.15, 0.2) is 30.3 Å². The molecule has 0 spiro atoms. The number of hydrazine groups is 1. The summed E-state index contributed by atoms with van der Waals surface area (Å²) < 4.78 is 5.61. The number of nitrogens with zero attached hydrogens (tertiary/aromatic N) is 2. The smallest absolute Gasteiger partial charge is 0.432 e. The number of amides is 2. The Hall–Kier alpha value is -1.92. The van der Waals surface area contributed by atoms with E-state index in [0.717, 1.165) is 36.3 Å². The molecule has 1 heterocycles.